The minimum Gasteiger partial charge on any atom is -0.466 e. The summed E-state index contributed by atoms with van der Waals surface area (Å²) in [4.78, 5) is 16.2. The van der Waals surface area contributed by atoms with Gasteiger partial charge in [-0.1, -0.05) is 30.3 Å². The lowest BCUT2D eigenvalue weighted by Gasteiger charge is -2.21. The summed E-state index contributed by atoms with van der Waals surface area (Å²) in [6, 6.07) is 13.0. The number of amides is 1. The molecular formula is C19H20N2O4. The molecule has 1 amide bonds. The van der Waals surface area contributed by atoms with Crippen LogP contribution in [0.1, 0.15) is 25.0 Å². The molecule has 0 aliphatic heterocycles. The smallest absolute Gasteiger partial charge is 0.220 e. The monoisotopic (exact) mass is 340 g/mol. The molecule has 25 heavy (non-hydrogen) atoms. The van der Waals surface area contributed by atoms with Gasteiger partial charge in [0.05, 0.1) is 19.0 Å². The van der Waals surface area contributed by atoms with Crippen LogP contribution in [0.4, 0.5) is 0 Å². The molecule has 0 fully saturated rings. The van der Waals surface area contributed by atoms with E-state index in [0.717, 1.165) is 5.56 Å². The number of carbonyl (C=O) groups is 1. The van der Waals surface area contributed by atoms with Crippen LogP contribution in [-0.4, -0.2) is 22.5 Å². The second-order valence-electron chi connectivity index (χ2n) is 6.01. The largest absolute Gasteiger partial charge is 0.466 e. The van der Waals surface area contributed by atoms with Crippen LogP contribution in [-0.2, 0) is 16.8 Å². The van der Waals surface area contributed by atoms with E-state index in [1.165, 1.54) is 6.26 Å². The number of hydrogen-bond acceptors (Lipinski definition) is 5. The molecule has 0 bridgehead atoms. The van der Waals surface area contributed by atoms with Crippen molar-refractivity contribution in [1.82, 2.24) is 10.3 Å². The van der Waals surface area contributed by atoms with Gasteiger partial charge in [-0.25, -0.2) is 4.98 Å². The predicted octanol–water partition coefficient (Wildman–Crippen LogP) is 2.89. The fourth-order valence-corrected chi connectivity index (χ4v) is 2.41. The fourth-order valence-electron chi connectivity index (χ4n) is 2.41. The van der Waals surface area contributed by atoms with Gasteiger partial charge in [0.1, 0.15) is 11.4 Å². The zero-order valence-corrected chi connectivity index (χ0v) is 13.9. The number of oxazole rings is 1. The van der Waals surface area contributed by atoms with Crippen molar-refractivity contribution >= 4 is 5.91 Å². The maximum atomic E-state index is 12.0. The normalized spacial score (nSPS) is 13.4. The molecule has 1 atom stereocenters. The average Bonchev–Trinajstić information content (AvgIpc) is 3.31. The Labute approximate surface area is 145 Å². The molecule has 0 spiro atoms. The lowest BCUT2D eigenvalue weighted by molar-refractivity contribution is -0.122. The second kappa shape index (κ2) is 7.36. The molecule has 2 N–H and O–H groups in total. The summed E-state index contributed by atoms with van der Waals surface area (Å²) >= 11 is 0. The SMILES string of the molecule is CC(O)(CNC(=O)CCc1ncc(-c2ccccc2)o1)c1ccco1. The van der Waals surface area contributed by atoms with E-state index < -0.39 is 5.60 Å². The summed E-state index contributed by atoms with van der Waals surface area (Å²) in [6.45, 7) is 1.66. The summed E-state index contributed by atoms with van der Waals surface area (Å²) in [5.74, 6) is 1.41. The van der Waals surface area contributed by atoms with Crippen LogP contribution < -0.4 is 5.32 Å². The molecule has 1 unspecified atom stereocenters. The average molecular weight is 340 g/mol. The minimum atomic E-state index is -1.25. The number of nitrogens with one attached hydrogen (secondary N) is 1. The maximum Gasteiger partial charge on any atom is 0.220 e. The molecule has 0 aliphatic carbocycles. The number of hydrogen-bond donors (Lipinski definition) is 2. The quantitative estimate of drug-likeness (QED) is 0.690. The number of benzene rings is 1. The first kappa shape index (κ1) is 17.0. The van der Waals surface area contributed by atoms with E-state index >= 15 is 0 Å². The zero-order valence-electron chi connectivity index (χ0n) is 13.9. The molecule has 2 heterocycles. The van der Waals surface area contributed by atoms with Crippen LogP contribution in [0.25, 0.3) is 11.3 Å². The Morgan fingerprint density at radius 1 is 1.24 bits per heavy atom. The van der Waals surface area contributed by atoms with Gasteiger partial charge in [-0.2, -0.15) is 0 Å². The van der Waals surface area contributed by atoms with Crippen LogP contribution in [0, 0.1) is 0 Å². The van der Waals surface area contributed by atoms with Crippen LogP contribution >= 0.6 is 0 Å². The lowest BCUT2D eigenvalue weighted by atomic mass is 10.0. The van der Waals surface area contributed by atoms with E-state index in [2.05, 4.69) is 10.3 Å². The number of furan rings is 1. The van der Waals surface area contributed by atoms with Crippen LogP contribution in [0.3, 0.4) is 0 Å². The number of carbonyl (C=O) groups excluding carboxylic acids is 1. The van der Waals surface area contributed by atoms with Gasteiger partial charge >= 0.3 is 0 Å². The third-order valence-corrected chi connectivity index (χ3v) is 3.86. The lowest BCUT2D eigenvalue weighted by Crippen LogP contribution is -2.38. The molecule has 0 saturated heterocycles. The highest BCUT2D eigenvalue weighted by molar-refractivity contribution is 5.76. The molecule has 0 radical (unpaired) electrons. The summed E-state index contributed by atoms with van der Waals surface area (Å²) < 4.78 is 10.8. The van der Waals surface area contributed by atoms with Crippen molar-refractivity contribution in [1.29, 1.82) is 0 Å². The number of aromatic nitrogens is 1. The Kier molecular flexibility index (Phi) is 5.00. The standard InChI is InChI=1S/C19H20N2O4/c1-19(23,16-8-5-11-24-16)13-21-17(22)9-10-18-20-12-15(25-18)14-6-3-2-4-7-14/h2-8,11-12,23H,9-10,13H2,1H3,(H,21,22). The van der Waals surface area contributed by atoms with Crippen molar-refractivity contribution in [3.05, 3.63) is 66.6 Å². The van der Waals surface area contributed by atoms with Gasteiger partial charge in [0.25, 0.3) is 0 Å². The highest BCUT2D eigenvalue weighted by Crippen LogP contribution is 2.21. The van der Waals surface area contributed by atoms with E-state index in [4.69, 9.17) is 8.83 Å². The van der Waals surface area contributed by atoms with Gasteiger partial charge in [-0.3, -0.25) is 4.79 Å². The van der Waals surface area contributed by atoms with Gasteiger partial charge in [-0.15, -0.1) is 0 Å². The number of aliphatic hydroxyl groups is 1. The molecule has 3 aromatic rings. The second-order valence-corrected chi connectivity index (χ2v) is 6.01. The molecule has 0 saturated carbocycles. The van der Waals surface area contributed by atoms with E-state index in [9.17, 15) is 9.90 Å². The Morgan fingerprint density at radius 2 is 2.04 bits per heavy atom. The van der Waals surface area contributed by atoms with Gasteiger partial charge in [0, 0.05) is 18.4 Å². The topological polar surface area (TPSA) is 88.5 Å². The van der Waals surface area contributed by atoms with Gasteiger partial charge < -0.3 is 19.3 Å². The fraction of sp³-hybridized carbons (Fsp3) is 0.263. The first-order valence-corrected chi connectivity index (χ1v) is 8.08. The Hall–Kier alpha value is -2.86. The predicted molar refractivity (Wildman–Crippen MR) is 91.5 cm³/mol. The van der Waals surface area contributed by atoms with E-state index in [0.29, 0.717) is 23.8 Å². The van der Waals surface area contributed by atoms with Gasteiger partial charge in [0.15, 0.2) is 11.7 Å². The van der Waals surface area contributed by atoms with Crippen molar-refractivity contribution in [3.63, 3.8) is 0 Å². The molecule has 2 aromatic heterocycles. The summed E-state index contributed by atoms with van der Waals surface area (Å²) in [6.07, 6.45) is 3.76. The van der Waals surface area contributed by atoms with E-state index in [-0.39, 0.29) is 18.9 Å². The van der Waals surface area contributed by atoms with Crippen molar-refractivity contribution in [3.8, 4) is 11.3 Å². The Bertz CT molecular complexity index is 807. The van der Waals surface area contributed by atoms with Crippen molar-refractivity contribution in [2.75, 3.05) is 6.54 Å². The maximum absolute atomic E-state index is 12.0. The van der Waals surface area contributed by atoms with E-state index in [1.807, 2.05) is 30.3 Å². The Morgan fingerprint density at radius 3 is 2.76 bits per heavy atom. The molecule has 0 aliphatic rings. The molecule has 6 heteroatoms. The highest BCUT2D eigenvalue weighted by atomic mass is 16.4. The molecular weight excluding hydrogens is 320 g/mol. The first-order chi connectivity index (χ1) is 12.0. The summed E-state index contributed by atoms with van der Waals surface area (Å²) in [5.41, 5.74) is -0.303. The molecule has 1 aromatic carbocycles. The summed E-state index contributed by atoms with van der Waals surface area (Å²) in [5, 5.41) is 13.0. The van der Waals surface area contributed by atoms with Gasteiger partial charge in [-0.05, 0) is 19.1 Å². The Balaban J connectivity index is 1.49. The minimum absolute atomic E-state index is 0.0696. The molecule has 130 valence electrons. The summed E-state index contributed by atoms with van der Waals surface area (Å²) in [7, 11) is 0. The van der Waals surface area contributed by atoms with Crippen LogP contribution in [0.5, 0.6) is 0 Å². The molecule has 3 rings (SSSR count). The number of rotatable bonds is 7. The highest BCUT2D eigenvalue weighted by Gasteiger charge is 2.26. The third-order valence-electron chi connectivity index (χ3n) is 3.86. The van der Waals surface area contributed by atoms with Crippen LogP contribution in [0.2, 0.25) is 0 Å². The van der Waals surface area contributed by atoms with Crippen LogP contribution in [0.15, 0.2) is 63.8 Å². The molecule has 6 nitrogen and oxygen atoms in total. The van der Waals surface area contributed by atoms with Gasteiger partial charge in [0.2, 0.25) is 5.91 Å². The number of nitrogens with zero attached hydrogens (tertiary/aromatic N) is 1. The first-order valence-electron chi connectivity index (χ1n) is 8.08. The third kappa shape index (κ3) is 4.36. The zero-order chi connectivity index (χ0) is 17.7. The van der Waals surface area contributed by atoms with E-state index in [1.54, 1.807) is 25.3 Å². The van der Waals surface area contributed by atoms with Crippen molar-refractivity contribution in [2.24, 2.45) is 0 Å². The number of aryl methyl sites for hydroxylation is 1. The van der Waals surface area contributed by atoms with Crippen molar-refractivity contribution < 1.29 is 18.7 Å². The van der Waals surface area contributed by atoms with Crippen molar-refractivity contribution in [2.45, 2.75) is 25.4 Å².